The van der Waals surface area contributed by atoms with Crippen LogP contribution in [0.2, 0.25) is 5.02 Å². The van der Waals surface area contributed by atoms with Crippen molar-refractivity contribution in [2.24, 2.45) is 0 Å². The van der Waals surface area contributed by atoms with Gasteiger partial charge in [-0.25, -0.2) is 0 Å². The van der Waals surface area contributed by atoms with Crippen molar-refractivity contribution in [2.75, 3.05) is 23.3 Å². The number of halogens is 1. The fourth-order valence-electron chi connectivity index (χ4n) is 3.41. The van der Waals surface area contributed by atoms with Crippen LogP contribution < -0.4 is 10.2 Å². The third-order valence-electron chi connectivity index (χ3n) is 4.87. The second kappa shape index (κ2) is 8.24. The molecule has 0 radical (unpaired) electrons. The van der Waals surface area contributed by atoms with E-state index in [0.717, 1.165) is 31.6 Å². The normalized spacial score (nSPS) is 14.5. The Morgan fingerprint density at radius 1 is 0.964 bits per heavy atom. The molecule has 3 aromatic rings. The van der Waals surface area contributed by atoms with Gasteiger partial charge in [0.1, 0.15) is 6.07 Å². The summed E-state index contributed by atoms with van der Waals surface area (Å²) in [5.74, 6) is 1.54. The average molecular weight is 391 g/mol. The van der Waals surface area contributed by atoms with Crippen molar-refractivity contribution >= 4 is 29.2 Å². The van der Waals surface area contributed by atoms with Crippen molar-refractivity contribution in [3.8, 4) is 6.07 Å². The van der Waals surface area contributed by atoms with E-state index in [1.807, 2.05) is 24.3 Å². The Labute approximate surface area is 168 Å². The summed E-state index contributed by atoms with van der Waals surface area (Å²) in [5.41, 5.74) is 2.17. The van der Waals surface area contributed by atoms with Crippen molar-refractivity contribution in [3.63, 3.8) is 0 Å². The van der Waals surface area contributed by atoms with Gasteiger partial charge in [0.15, 0.2) is 0 Å². The second-order valence-electron chi connectivity index (χ2n) is 6.70. The molecular formula is C21H19ClN6. The monoisotopic (exact) mass is 390 g/mol. The van der Waals surface area contributed by atoms with Crippen LogP contribution in [0.15, 0.2) is 54.6 Å². The first-order chi connectivity index (χ1) is 13.7. The van der Waals surface area contributed by atoms with E-state index < -0.39 is 0 Å². The van der Waals surface area contributed by atoms with Crippen LogP contribution in [0.25, 0.3) is 0 Å². The maximum Gasteiger partial charge on any atom is 0.238 e. The minimum Gasteiger partial charge on any atom is -0.341 e. The molecule has 0 atom stereocenters. The molecule has 1 fully saturated rings. The quantitative estimate of drug-likeness (QED) is 0.705. The van der Waals surface area contributed by atoms with Crippen molar-refractivity contribution in [1.29, 1.82) is 5.26 Å². The van der Waals surface area contributed by atoms with Gasteiger partial charge in [0.05, 0.1) is 0 Å². The molecule has 0 bridgehead atoms. The van der Waals surface area contributed by atoms with Gasteiger partial charge < -0.3 is 10.2 Å². The topological polar surface area (TPSA) is 77.7 Å². The molecular weight excluding hydrogens is 372 g/mol. The Hall–Kier alpha value is -3.17. The van der Waals surface area contributed by atoms with Crippen LogP contribution in [-0.2, 0) is 0 Å². The van der Waals surface area contributed by atoms with Crippen LogP contribution in [0, 0.1) is 11.3 Å². The molecule has 1 saturated heterocycles. The van der Waals surface area contributed by atoms with Crippen molar-refractivity contribution in [3.05, 3.63) is 71.0 Å². The molecule has 6 nitrogen and oxygen atoms in total. The number of nitriles is 1. The third-order valence-corrected chi connectivity index (χ3v) is 5.12. The number of benzene rings is 2. The maximum atomic E-state index is 9.31. The minimum atomic E-state index is 0.103. The van der Waals surface area contributed by atoms with Gasteiger partial charge in [0.25, 0.3) is 0 Å². The number of nitrogens with one attached hydrogen (secondary N) is 1. The van der Waals surface area contributed by atoms with Crippen LogP contribution in [0.4, 0.5) is 17.6 Å². The van der Waals surface area contributed by atoms with E-state index in [0.29, 0.717) is 22.8 Å². The molecule has 1 aliphatic rings. The summed E-state index contributed by atoms with van der Waals surface area (Å²) in [4.78, 5) is 15.1. The van der Waals surface area contributed by atoms with E-state index >= 15 is 0 Å². The smallest absolute Gasteiger partial charge is 0.238 e. The molecule has 7 heteroatoms. The molecule has 28 heavy (non-hydrogen) atoms. The Balaban J connectivity index is 1.50. The summed E-state index contributed by atoms with van der Waals surface area (Å²) in [7, 11) is 0. The number of hydrogen-bond donors (Lipinski definition) is 1. The molecule has 0 unspecified atom stereocenters. The van der Waals surface area contributed by atoms with Gasteiger partial charge in [-0.2, -0.15) is 20.2 Å². The second-order valence-corrected chi connectivity index (χ2v) is 7.13. The lowest BCUT2D eigenvalue weighted by atomic mass is 9.90. The van der Waals surface area contributed by atoms with Gasteiger partial charge in [-0.1, -0.05) is 41.9 Å². The number of piperidine rings is 1. The van der Waals surface area contributed by atoms with Crippen molar-refractivity contribution in [1.82, 2.24) is 15.0 Å². The molecule has 0 saturated carbocycles. The highest BCUT2D eigenvalue weighted by molar-refractivity contribution is 6.30. The van der Waals surface area contributed by atoms with E-state index in [9.17, 15) is 5.26 Å². The first-order valence-corrected chi connectivity index (χ1v) is 9.58. The van der Waals surface area contributed by atoms with Gasteiger partial charge in [0, 0.05) is 23.8 Å². The lowest BCUT2D eigenvalue weighted by Gasteiger charge is -2.32. The molecule has 0 aliphatic carbocycles. The maximum absolute atomic E-state index is 9.31. The molecule has 2 heterocycles. The summed E-state index contributed by atoms with van der Waals surface area (Å²) >= 11 is 5.93. The fourth-order valence-corrected chi connectivity index (χ4v) is 3.54. The van der Waals surface area contributed by atoms with E-state index in [1.54, 1.807) is 12.1 Å². The summed E-state index contributed by atoms with van der Waals surface area (Å²) in [5, 5.41) is 13.1. The number of nitrogens with zero attached hydrogens (tertiary/aromatic N) is 5. The summed E-state index contributed by atoms with van der Waals surface area (Å²) < 4.78 is 0. The van der Waals surface area contributed by atoms with Gasteiger partial charge >= 0.3 is 0 Å². The molecule has 1 N–H and O–H groups in total. The first-order valence-electron chi connectivity index (χ1n) is 9.20. The minimum absolute atomic E-state index is 0.103. The molecule has 0 spiro atoms. The lowest BCUT2D eigenvalue weighted by molar-refractivity contribution is 0.499. The molecule has 0 amide bonds. The van der Waals surface area contributed by atoms with Crippen LogP contribution in [0.1, 0.15) is 30.1 Å². The predicted octanol–water partition coefficient (Wildman–Crippen LogP) is 4.52. The Bertz CT molecular complexity index is 976. The SMILES string of the molecule is N#Cc1nc(Nc2ccc(Cl)cc2)nc(N2CCC(c3ccccc3)CC2)n1. The predicted molar refractivity (Wildman–Crippen MR) is 110 cm³/mol. The van der Waals surface area contributed by atoms with Gasteiger partial charge in [-0.15, -0.1) is 0 Å². The molecule has 140 valence electrons. The van der Waals surface area contributed by atoms with Crippen LogP contribution in [0.3, 0.4) is 0 Å². The van der Waals surface area contributed by atoms with E-state index in [2.05, 4.69) is 49.4 Å². The third kappa shape index (κ3) is 4.21. The molecule has 1 aromatic heterocycles. The standard InChI is InChI=1S/C21H19ClN6/c22-17-6-8-18(9-7-17)24-20-25-19(14-23)26-21(27-20)28-12-10-16(11-13-28)15-4-2-1-3-5-15/h1-9,16H,10-13H2,(H,24,25,26,27). The van der Waals surface area contributed by atoms with E-state index in [1.165, 1.54) is 5.56 Å². The average Bonchev–Trinajstić information content (AvgIpc) is 2.76. The van der Waals surface area contributed by atoms with Crippen molar-refractivity contribution < 1.29 is 0 Å². The fraction of sp³-hybridized carbons (Fsp3) is 0.238. The van der Waals surface area contributed by atoms with E-state index in [4.69, 9.17) is 11.6 Å². The number of rotatable bonds is 4. The zero-order valence-corrected chi connectivity index (χ0v) is 16.0. The van der Waals surface area contributed by atoms with Gasteiger partial charge in [0.2, 0.25) is 17.7 Å². The molecule has 1 aliphatic heterocycles. The van der Waals surface area contributed by atoms with Crippen LogP contribution in [0.5, 0.6) is 0 Å². The van der Waals surface area contributed by atoms with E-state index in [-0.39, 0.29) is 5.82 Å². The Morgan fingerprint density at radius 2 is 1.68 bits per heavy atom. The largest absolute Gasteiger partial charge is 0.341 e. The lowest BCUT2D eigenvalue weighted by Crippen LogP contribution is -2.34. The Morgan fingerprint density at radius 3 is 2.36 bits per heavy atom. The highest BCUT2D eigenvalue weighted by atomic mass is 35.5. The van der Waals surface area contributed by atoms with Crippen molar-refractivity contribution in [2.45, 2.75) is 18.8 Å². The zero-order chi connectivity index (χ0) is 19.3. The first kappa shape index (κ1) is 18.2. The number of aromatic nitrogens is 3. The summed E-state index contributed by atoms with van der Waals surface area (Å²) in [6, 6.07) is 19.9. The molecule has 4 rings (SSSR count). The summed E-state index contributed by atoms with van der Waals surface area (Å²) in [6.45, 7) is 1.68. The molecule has 2 aromatic carbocycles. The van der Waals surface area contributed by atoms with Gasteiger partial charge in [-0.3, -0.25) is 0 Å². The van der Waals surface area contributed by atoms with Crippen LogP contribution >= 0.6 is 11.6 Å². The number of hydrogen-bond acceptors (Lipinski definition) is 6. The summed E-state index contributed by atoms with van der Waals surface area (Å²) in [6.07, 6.45) is 2.05. The van der Waals surface area contributed by atoms with Crippen LogP contribution in [-0.4, -0.2) is 28.0 Å². The highest BCUT2D eigenvalue weighted by Gasteiger charge is 2.23. The zero-order valence-electron chi connectivity index (χ0n) is 15.2. The Kier molecular flexibility index (Phi) is 5.36. The highest BCUT2D eigenvalue weighted by Crippen LogP contribution is 2.29. The number of anilines is 3. The van der Waals surface area contributed by atoms with Gasteiger partial charge in [-0.05, 0) is 48.6 Å².